The van der Waals surface area contributed by atoms with E-state index in [0.29, 0.717) is 6.54 Å². The number of aryl methyl sites for hydroxylation is 1. The van der Waals surface area contributed by atoms with Crippen molar-refractivity contribution in [3.05, 3.63) is 35.4 Å². The smallest absolute Gasteiger partial charge is 0.315 e. The number of carboxylic acids is 1. The summed E-state index contributed by atoms with van der Waals surface area (Å²) < 4.78 is 0. The van der Waals surface area contributed by atoms with E-state index in [1.807, 2.05) is 45.0 Å². The highest BCUT2D eigenvalue weighted by Gasteiger charge is 2.19. The topological polar surface area (TPSA) is 78.4 Å². The summed E-state index contributed by atoms with van der Waals surface area (Å²) in [5, 5.41) is 14.3. The second kappa shape index (κ2) is 7.53. The Hall–Kier alpha value is -2.04. The number of hydrogen-bond acceptors (Lipinski definition) is 2. The van der Waals surface area contributed by atoms with Gasteiger partial charge in [-0.1, -0.05) is 43.7 Å². The normalized spacial score (nSPS) is 12.0. The Labute approximate surface area is 119 Å². The number of carbonyl (C=O) groups excluding carboxylic acids is 1. The summed E-state index contributed by atoms with van der Waals surface area (Å²) in [6, 6.07) is 7.15. The Bertz CT molecular complexity index is 472. The van der Waals surface area contributed by atoms with Gasteiger partial charge in [0.2, 0.25) is 0 Å². The zero-order valence-corrected chi connectivity index (χ0v) is 12.1. The molecule has 0 aliphatic heterocycles. The van der Waals surface area contributed by atoms with Gasteiger partial charge >= 0.3 is 12.0 Å². The summed E-state index contributed by atoms with van der Waals surface area (Å²) in [5.74, 6) is -0.849. The third kappa shape index (κ3) is 5.73. The Morgan fingerprint density at radius 1 is 1.30 bits per heavy atom. The molecule has 3 N–H and O–H groups in total. The van der Waals surface area contributed by atoms with Gasteiger partial charge in [-0.05, 0) is 18.4 Å². The first-order chi connectivity index (χ1) is 9.38. The molecule has 2 amide bonds. The van der Waals surface area contributed by atoms with Crippen LogP contribution < -0.4 is 10.6 Å². The van der Waals surface area contributed by atoms with Crippen LogP contribution in [-0.4, -0.2) is 23.1 Å². The molecule has 1 rings (SSSR count). The fourth-order valence-corrected chi connectivity index (χ4v) is 1.87. The number of urea groups is 1. The van der Waals surface area contributed by atoms with Gasteiger partial charge in [-0.15, -0.1) is 0 Å². The second-order valence-electron chi connectivity index (χ2n) is 5.26. The predicted molar refractivity (Wildman–Crippen MR) is 77.4 cm³/mol. The number of benzene rings is 1. The van der Waals surface area contributed by atoms with Crippen LogP contribution in [0.15, 0.2) is 24.3 Å². The van der Waals surface area contributed by atoms with Crippen molar-refractivity contribution in [2.75, 3.05) is 0 Å². The van der Waals surface area contributed by atoms with Gasteiger partial charge in [-0.3, -0.25) is 4.79 Å². The molecule has 1 atom stereocenters. The van der Waals surface area contributed by atoms with Gasteiger partial charge in [0, 0.05) is 12.6 Å². The van der Waals surface area contributed by atoms with E-state index < -0.39 is 5.97 Å². The van der Waals surface area contributed by atoms with Crippen molar-refractivity contribution in [1.29, 1.82) is 0 Å². The molecule has 1 unspecified atom stereocenters. The Kier molecular flexibility index (Phi) is 6.03. The van der Waals surface area contributed by atoms with E-state index in [0.717, 1.165) is 11.1 Å². The molecule has 5 nitrogen and oxygen atoms in total. The van der Waals surface area contributed by atoms with E-state index in [4.69, 9.17) is 5.11 Å². The molecule has 0 saturated carbocycles. The molecule has 0 spiro atoms. The van der Waals surface area contributed by atoms with Gasteiger partial charge in [0.25, 0.3) is 0 Å². The minimum absolute atomic E-state index is 0.0656. The first-order valence-corrected chi connectivity index (χ1v) is 6.70. The van der Waals surface area contributed by atoms with Crippen molar-refractivity contribution in [2.45, 2.75) is 39.8 Å². The summed E-state index contributed by atoms with van der Waals surface area (Å²) in [4.78, 5) is 22.5. The molecule has 0 saturated heterocycles. The van der Waals surface area contributed by atoms with E-state index in [9.17, 15) is 9.59 Å². The largest absolute Gasteiger partial charge is 0.481 e. The number of rotatable bonds is 6. The van der Waals surface area contributed by atoms with Crippen molar-refractivity contribution in [3.8, 4) is 0 Å². The lowest BCUT2D eigenvalue weighted by Gasteiger charge is -2.20. The lowest BCUT2D eigenvalue weighted by molar-refractivity contribution is -0.137. The monoisotopic (exact) mass is 278 g/mol. The summed E-state index contributed by atoms with van der Waals surface area (Å²) in [6.07, 6.45) is -0.0739. The summed E-state index contributed by atoms with van der Waals surface area (Å²) in [5.41, 5.74) is 2.15. The Balaban J connectivity index is 2.47. The van der Waals surface area contributed by atoms with E-state index in [1.54, 1.807) is 0 Å². The number of nitrogens with one attached hydrogen (secondary N) is 2. The maximum absolute atomic E-state index is 11.8. The Morgan fingerprint density at radius 3 is 2.55 bits per heavy atom. The maximum Gasteiger partial charge on any atom is 0.315 e. The predicted octanol–water partition coefficient (Wildman–Crippen LogP) is 2.29. The molecule has 1 aromatic rings. The minimum Gasteiger partial charge on any atom is -0.481 e. The molecular formula is C15H22N2O3. The van der Waals surface area contributed by atoms with Crippen molar-refractivity contribution >= 4 is 12.0 Å². The molecule has 0 radical (unpaired) electrons. The quantitative estimate of drug-likeness (QED) is 0.747. The van der Waals surface area contributed by atoms with Crippen molar-refractivity contribution in [2.24, 2.45) is 5.92 Å². The van der Waals surface area contributed by atoms with Crippen LogP contribution in [0.1, 0.15) is 31.4 Å². The van der Waals surface area contributed by atoms with Crippen LogP contribution in [0, 0.1) is 12.8 Å². The first kappa shape index (κ1) is 16.0. The lowest BCUT2D eigenvalue weighted by atomic mass is 10.0. The third-order valence-electron chi connectivity index (χ3n) is 3.05. The van der Waals surface area contributed by atoms with Crippen LogP contribution >= 0.6 is 0 Å². The van der Waals surface area contributed by atoms with Gasteiger partial charge in [-0.25, -0.2) is 4.79 Å². The van der Waals surface area contributed by atoms with Crippen molar-refractivity contribution in [1.82, 2.24) is 10.6 Å². The third-order valence-corrected chi connectivity index (χ3v) is 3.05. The fourth-order valence-electron chi connectivity index (χ4n) is 1.87. The van der Waals surface area contributed by atoms with Crippen LogP contribution in [0.5, 0.6) is 0 Å². The van der Waals surface area contributed by atoms with E-state index in [2.05, 4.69) is 10.6 Å². The number of carboxylic acid groups (broad SMARTS) is 1. The Morgan fingerprint density at radius 2 is 2.00 bits per heavy atom. The van der Waals surface area contributed by atoms with Gasteiger partial charge in [0.05, 0.1) is 6.42 Å². The van der Waals surface area contributed by atoms with E-state index in [-0.39, 0.29) is 24.4 Å². The van der Waals surface area contributed by atoms with Crippen LogP contribution in [0.2, 0.25) is 0 Å². The SMILES string of the molecule is Cc1cccc(CNC(=O)NC(CC(=O)O)C(C)C)c1. The highest BCUT2D eigenvalue weighted by Crippen LogP contribution is 2.06. The van der Waals surface area contributed by atoms with E-state index in [1.165, 1.54) is 0 Å². The molecule has 1 aromatic carbocycles. The minimum atomic E-state index is -0.914. The molecule has 0 aromatic heterocycles. The number of carbonyl (C=O) groups is 2. The van der Waals surface area contributed by atoms with Crippen molar-refractivity contribution in [3.63, 3.8) is 0 Å². The van der Waals surface area contributed by atoms with Gasteiger partial charge < -0.3 is 15.7 Å². The molecular weight excluding hydrogens is 256 g/mol. The highest BCUT2D eigenvalue weighted by atomic mass is 16.4. The molecule has 0 fully saturated rings. The number of amides is 2. The molecule has 0 aliphatic rings. The zero-order chi connectivity index (χ0) is 15.1. The summed E-state index contributed by atoms with van der Waals surface area (Å²) >= 11 is 0. The maximum atomic E-state index is 11.8. The van der Waals surface area contributed by atoms with Crippen LogP contribution in [-0.2, 0) is 11.3 Å². The highest BCUT2D eigenvalue weighted by molar-refractivity contribution is 5.75. The van der Waals surface area contributed by atoms with Crippen LogP contribution in [0.4, 0.5) is 4.79 Å². The zero-order valence-electron chi connectivity index (χ0n) is 12.1. The van der Waals surface area contributed by atoms with E-state index >= 15 is 0 Å². The average Bonchev–Trinajstić information content (AvgIpc) is 2.35. The fraction of sp³-hybridized carbons (Fsp3) is 0.467. The molecule has 0 aliphatic carbocycles. The molecule has 110 valence electrons. The molecule has 0 heterocycles. The second-order valence-corrected chi connectivity index (χ2v) is 5.26. The van der Waals surface area contributed by atoms with Gasteiger partial charge in [-0.2, -0.15) is 0 Å². The average molecular weight is 278 g/mol. The van der Waals surface area contributed by atoms with Gasteiger partial charge in [0.1, 0.15) is 0 Å². The summed E-state index contributed by atoms with van der Waals surface area (Å²) in [7, 11) is 0. The standard InChI is InChI=1S/C15H22N2O3/c1-10(2)13(8-14(18)19)17-15(20)16-9-12-6-4-5-11(3)7-12/h4-7,10,13H,8-9H2,1-3H3,(H,18,19)(H2,16,17,20). The molecule has 5 heteroatoms. The van der Waals surface area contributed by atoms with Crippen LogP contribution in [0.3, 0.4) is 0 Å². The lowest BCUT2D eigenvalue weighted by Crippen LogP contribution is -2.45. The molecule has 0 bridgehead atoms. The molecule has 20 heavy (non-hydrogen) atoms. The van der Waals surface area contributed by atoms with Crippen LogP contribution in [0.25, 0.3) is 0 Å². The van der Waals surface area contributed by atoms with Gasteiger partial charge in [0.15, 0.2) is 0 Å². The van der Waals surface area contributed by atoms with Crippen molar-refractivity contribution < 1.29 is 14.7 Å². The number of hydrogen-bond donors (Lipinski definition) is 3. The number of aliphatic carboxylic acids is 1. The summed E-state index contributed by atoms with van der Waals surface area (Å²) in [6.45, 7) is 6.18. The first-order valence-electron chi connectivity index (χ1n) is 6.70.